The molecule has 178 valence electrons. The lowest BCUT2D eigenvalue weighted by molar-refractivity contribution is 0.169. The molecule has 2 rings (SSSR count). The fourth-order valence-electron chi connectivity index (χ4n) is 3.79. The van der Waals surface area contributed by atoms with Gasteiger partial charge in [0.25, 0.3) is 10.1 Å². The zero-order valence-electron chi connectivity index (χ0n) is 19.8. The first-order chi connectivity index (χ1) is 15.1. The van der Waals surface area contributed by atoms with Crippen molar-refractivity contribution < 1.29 is 17.8 Å². The van der Waals surface area contributed by atoms with Gasteiger partial charge in [0, 0.05) is 11.1 Å². The van der Waals surface area contributed by atoms with Crippen molar-refractivity contribution in [1.29, 1.82) is 0 Å². The maximum absolute atomic E-state index is 12.4. The van der Waals surface area contributed by atoms with E-state index in [4.69, 9.17) is 4.18 Å². The molecule has 6 nitrogen and oxygen atoms in total. The lowest BCUT2D eigenvalue weighted by Gasteiger charge is -2.14. The Morgan fingerprint density at radius 1 is 0.812 bits per heavy atom. The van der Waals surface area contributed by atoms with E-state index in [-0.39, 0.29) is 16.9 Å². The van der Waals surface area contributed by atoms with Gasteiger partial charge in [0.15, 0.2) is 5.43 Å². The molecule has 32 heavy (non-hydrogen) atoms. The summed E-state index contributed by atoms with van der Waals surface area (Å²) in [6.07, 6.45) is 8.74. The molecule has 1 heterocycles. The Hall–Kier alpha value is -2.12. The molecule has 7 heteroatoms. The molecule has 0 unspecified atom stereocenters. The highest BCUT2D eigenvalue weighted by atomic mass is 32.2. The van der Waals surface area contributed by atoms with Crippen LogP contribution in [-0.2, 0) is 20.7 Å². The van der Waals surface area contributed by atoms with Crippen molar-refractivity contribution in [3.05, 3.63) is 62.6 Å². The van der Waals surface area contributed by atoms with E-state index >= 15 is 0 Å². The number of aromatic nitrogens is 1. The van der Waals surface area contributed by atoms with Gasteiger partial charge in [-0.25, -0.2) is 0 Å². The van der Waals surface area contributed by atoms with Crippen LogP contribution >= 0.6 is 0 Å². The van der Waals surface area contributed by atoms with Gasteiger partial charge < -0.3 is 5.21 Å². The van der Waals surface area contributed by atoms with Crippen LogP contribution < -0.4 is 5.43 Å². The van der Waals surface area contributed by atoms with Crippen LogP contribution in [0.1, 0.15) is 79.4 Å². The molecule has 0 bridgehead atoms. The van der Waals surface area contributed by atoms with Gasteiger partial charge in [-0.1, -0.05) is 56.2 Å². The fraction of sp³-hybridized carbons (Fsp3) is 0.560. The van der Waals surface area contributed by atoms with Crippen LogP contribution in [0, 0.1) is 27.7 Å². The molecule has 2 aromatic rings. The van der Waals surface area contributed by atoms with Gasteiger partial charge in [-0.3, -0.25) is 8.98 Å². The van der Waals surface area contributed by atoms with E-state index in [0.717, 1.165) is 67.2 Å². The maximum atomic E-state index is 12.4. The number of nitrogens with zero attached hydrogens (tertiary/aromatic N) is 1. The van der Waals surface area contributed by atoms with Crippen LogP contribution in [0.3, 0.4) is 0 Å². The summed E-state index contributed by atoms with van der Waals surface area (Å²) in [6, 6.07) is 6.68. The Morgan fingerprint density at radius 3 is 1.94 bits per heavy atom. The van der Waals surface area contributed by atoms with Crippen molar-refractivity contribution in [2.24, 2.45) is 0 Å². The van der Waals surface area contributed by atoms with Gasteiger partial charge in [0.2, 0.25) is 0 Å². The Kier molecular flexibility index (Phi) is 9.97. The highest BCUT2D eigenvalue weighted by molar-refractivity contribution is 7.86. The molecule has 0 aliphatic rings. The summed E-state index contributed by atoms with van der Waals surface area (Å²) < 4.78 is 30.5. The molecular formula is C25H37NO5S. The number of hydrogen-bond donors (Lipinski definition) is 1. The van der Waals surface area contributed by atoms with Gasteiger partial charge in [-0.2, -0.15) is 13.1 Å². The molecule has 0 spiro atoms. The smallest absolute Gasteiger partial charge is 0.296 e. The Balaban J connectivity index is 1.56. The van der Waals surface area contributed by atoms with Crippen LogP contribution in [0.2, 0.25) is 0 Å². The summed E-state index contributed by atoms with van der Waals surface area (Å²) in [5, 5.41) is 10.1. The molecule has 0 radical (unpaired) electrons. The predicted octanol–water partition coefficient (Wildman–Crippen LogP) is 5.39. The first-order valence-electron chi connectivity index (χ1n) is 11.5. The third-order valence-corrected chi connectivity index (χ3v) is 7.43. The van der Waals surface area contributed by atoms with Crippen molar-refractivity contribution in [2.75, 3.05) is 6.61 Å². The molecule has 1 aromatic carbocycles. The molecule has 1 N–H and O–H groups in total. The molecule has 1 aromatic heterocycles. The Bertz CT molecular complexity index is 1040. The predicted molar refractivity (Wildman–Crippen MR) is 127 cm³/mol. The second-order valence-corrected chi connectivity index (χ2v) is 10.2. The van der Waals surface area contributed by atoms with E-state index in [9.17, 15) is 18.4 Å². The summed E-state index contributed by atoms with van der Waals surface area (Å²) in [5.41, 5.74) is 3.65. The normalized spacial score (nSPS) is 11.8. The quantitative estimate of drug-likeness (QED) is 0.245. The molecule has 0 saturated carbocycles. The number of benzene rings is 1. The highest BCUT2D eigenvalue weighted by Crippen LogP contribution is 2.16. The maximum Gasteiger partial charge on any atom is 0.296 e. The summed E-state index contributed by atoms with van der Waals surface area (Å²) in [4.78, 5) is 12.6. The molecule has 0 amide bonds. The van der Waals surface area contributed by atoms with Crippen LogP contribution in [-0.4, -0.2) is 25.0 Å². The first kappa shape index (κ1) is 26.1. The number of aryl methyl sites for hydroxylation is 1. The standard InChI is InChI=1S/C25H37NO5S/c1-19-14-16-23(17-15-19)32(29,30)31-18-12-10-8-6-5-7-9-11-13-24-22(4)26(28)21(3)20(2)25(24)27/h14-17,28H,5-13,18H2,1-4H3. The average Bonchev–Trinajstić information content (AvgIpc) is 2.77. The van der Waals surface area contributed by atoms with E-state index < -0.39 is 10.1 Å². The van der Waals surface area contributed by atoms with Gasteiger partial charge >= 0.3 is 0 Å². The lowest BCUT2D eigenvalue weighted by Crippen LogP contribution is -2.22. The third kappa shape index (κ3) is 7.20. The number of rotatable bonds is 13. The Labute approximate surface area is 192 Å². The Morgan fingerprint density at radius 2 is 1.34 bits per heavy atom. The van der Waals surface area contributed by atoms with Crippen molar-refractivity contribution in [2.45, 2.75) is 90.4 Å². The molecular weight excluding hydrogens is 426 g/mol. The highest BCUT2D eigenvalue weighted by Gasteiger charge is 2.15. The summed E-state index contributed by atoms with van der Waals surface area (Å²) >= 11 is 0. The van der Waals surface area contributed by atoms with Gasteiger partial charge in [-0.15, -0.1) is 0 Å². The van der Waals surface area contributed by atoms with E-state index in [1.165, 1.54) is 0 Å². The van der Waals surface area contributed by atoms with Gasteiger partial charge in [-0.05, 0) is 59.1 Å². The van der Waals surface area contributed by atoms with Crippen molar-refractivity contribution >= 4 is 10.1 Å². The van der Waals surface area contributed by atoms with Crippen LogP contribution in [0.5, 0.6) is 0 Å². The minimum absolute atomic E-state index is 0.0527. The van der Waals surface area contributed by atoms with E-state index in [1.807, 2.05) is 6.92 Å². The second-order valence-electron chi connectivity index (χ2n) is 8.58. The first-order valence-corrected chi connectivity index (χ1v) is 12.9. The molecule has 0 aliphatic carbocycles. The summed E-state index contributed by atoms with van der Waals surface area (Å²) in [7, 11) is -3.66. The van der Waals surface area contributed by atoms with E-state index in [1.54, 1.807) is 45.0 Å². The number of hydrogen-bond acceptors (Lipinski definition) is 5. The second kappa shape index (κ2) is 12.2. The monoisotopic (exact) mass is 463 g/mol. The number of unbranched alkanes of at least 4 members (excludes halogenated alkanes) is 7. The number of pyridine rings is 1. The van der Waals surface area contributed by atoms with Crippen molar-refractivity contribution in [1.82, 2.24) is 4.73 Å². The molecule has 0 fully saturated rings. The minimum Gasteiger partial charge on any atom is -0.428 e. The van der Waals surface area contributed by atoms with Crippen LogP contribution in [0.4, 0.5) is 0 Å². The minimum atomic E-state index is -3.66. The van der Waals surface area contributed by atoms with E-state index in [2.05, 4.69) is 0 Å². The molecule has 0 aliphatic heterocycles. The fourth-order valence-corrected chi connectivity index (χ4v) is 4.74. The largest absolute Gasteiger partial charge is 0.428 e. The molecule has 0 saturated heterocycles. The van der Waals surface area contributed by atoms with Gasteiger partial charge in [0.05, 0.1) is 22.9 Å². The lowest BCUT2D eigenvalue weighted by atomic mass is 10.0. The average molecular weight is 464 g/mol. The zero-order chi connectivity index (χ0) is 23.7. The molecule has 0 atom stereocenters. The van der Waals surface area contributed by atoms with Gasteiger partial charge in [0.1, 0.15) is 0 Å². The summed E-state index contributed by atoms with van der Waals surface area (Å²) in [6.45, 7) is 7.43. The summed E-state index contributed by atoms with van der Waals surface area (Å²) in [5.74, 6) is 0. The SMILES string of the molecule is Cc1ccc(S(=O)(=O)OCCCCCCCCCCc2c(C)n(O)c(C)c(C)c2=O)cc1. The van der Waals surface area contributed by atoms with Crippen molar-refractivity contribution in [3.8, 4) is 0 Å². The zero-order valence-corrected chi connectivity index (χ0v) is 20.6. The topological polar surface area (TPSA) is 85.6 Å². The van der Waals surface area contributed by atoms with Crippen LogP contribution in [0.25, 0.3) is 0 Å². The van der Waals surface area contributed by atoms with Crippen LogP contribution in [0.15, 0.2) is 34.0 Å². The third-order valence-electron chi connectivity index (χ3n) is 6.10. The van der Waals surface area contributed by atoms with Crippen molar-refractivity contribution in [3.63, 3.8) is 0 Å². The van der Waals surface area contributed by atoms with E-state index in [0.29, 0.717) is 23.4 Å².